The van der Waals surface area contributed by atoms with Crippen LogP contribution >= 0.6 is 11.6 Å². The fourth-order valence-corrected chi connectivity index (χ4v) is 1.28. The Kier molecular flexibility index (Phi) is 3.33. The molecular weight excluding hydrogens is 204 g/mol. The summed E-state index contributed by atoms with van der Waals surface area (Å²) in [6, 6.07) is 4.12. The first-order chi connectivity index (χ1) is 6.52. The number of carbonyl (C=O) groups is 1. The van der Waals surface area contributed by atoms with Crippen molar-refractivity contribution in [2.75, 3.05) is 5.73 Å². The average Bonchev–Trinajstić information content (AvgIpc) is 2.12. The van der Waals surface area contributed by atoms with Crippen LogP contribution in [0.5, 0.6) is 0 Å². The van der Waals surface area contributed by atoms with Crippen molar-refractivity contribution in [3.63, 3.8) is 0 Å². The van der Waals surface area contributed by atoms with Gasteiger partial charge in [-0.2, -0.15) is 0 Å². The summed E-state index contributed by atoms with van der Waals surface area (Å²) in [6.45, 7) is 0. The van der Waals surface area contributed by atoms with Crippen LogP contribution in [0.15, 0.2) is 18.2 Å². The first-order valence-electron chi connectivity index (χ1n) is 4.03. The molecule has 5 heteroatoms. The fraction of sp³-hybridized carbons (Fsp3) is 0.222. The summed E-state index contributed by atoms with van der Waals surface area (Å²) in [7, 11) is 0. The van der Waals surface area contributed by atoms with E-state index in [1.165, 1.54) is 0 Å². The Morgan fingerprint density at radius 3 is 2.79 bits per heavy atom. The Hall–Kier alpha value is -1.26. The summed E-state index contributed by atoms with van der Waals surface area (Å²) in [4.78, 5) is 10.5. The van der Waals surface area contributed by atoms with E-state index in [4.69, 9.17) is 28.2 Å². The summed E-state index contributed by atoms with van der Waals surface area (Å²) in [5.41, 5.74) is 12.0. The Balaban J connectivity index is 2.87. The highest BCUT2D eigenvalue weighted by molar-refractivity contribution is 6.33. The Morgan fingerprint density at radius 1 is 1.57 bits per heavy atom. The molecule has 1 rings (SSSR count). The molecule has 1 atom stereocenters. The Bertz CT molecular complexity index is 355. The number of carboxylic acids is 1. The third-order valence-electron chi connectivity index (χ3n) is 1.87. The van der Waals surface area contributed by atoms with Crippen LogP contribution in [0.2, 0.25) is 5.02 Å². The third-order valence-corrected chi connectivity index (χ3v) is 2.33. The van der Waals surface area contributed by atoms with Crippen molar-refractivity contribution in [3.8, 4) is 0 Å². The maximum atomic E-state index is 10.5. The minimum absolute atomic E-state index is 0.180. The van der Waals surface area contributed by atoms with Crippen molar-refractivity contribution >= 4 is 23.3 Å². The van der Waals surface area contributed by atoms with Gasteiger partial charge in [0.05, 0.1) is 10.7 Å². The highest BCUT2D eigenvalue weighted by atomic mass is 35.5. The molecular formula is C9H11ClN2O2. The van der Waals surface area contributed by atoms with Gasteiger partial charge in [-0.1, -0.05) is 23.7 Å². The first kappa shape index (κ1) is 10.8. The molecule has 4 nitrogen and oxygen atoms in total. The number of hydrogen-bond donors (Lipinski definition) is 3. The van der Waals surface area contributed by atoms with Gasteiger partial charge in [0.1, 0.15) is 6.04 Å². The molecule has 0 bridgehead atoms. The van der Waals surface area contributed by atoms with Crippen LogP contribution in [0.4, 0.5) is 5.69 Å². The molecule has 0 aromatic heterocycles. The molecule has 1 aromatic carbocycles. The summed E-state index contributed by atoms with van der Waals surface area (Å²) in [6.07, 6.45) is 0.180. The minimum atomic E-state index is -1.05. The van der Waals surface area contributed by atoms with E-state index in [0.717, 1.165) is 0 Å². The minimum Gasteiger partial charge on any atom is -0.480 e. The maximum absolute atomic E-state index is 10.5. The van der Waals surface area contributed by atoms with E-state index in [9.17, 15) is 4.79 Å². The maximum Gasteiger partial charge on any atom is 0.320 e. The molecule has 14 heavy (non-hydrogen) atoms. The van der Waals surface area contributed by atoms with Crippen LogP contribution in [0.25, 0.3) is 0 Å². The van der Waals surface area contributed by atoms with Gasteiger partial charge in [-0.3, -0.25) is 4.79 Å². The predicted octanol–water partition coefficient (Wildman–Crippen LogP) is 0.877. The van der Waals surface area contributed by atoms with Gasteiger partial charge in [-0.05, 0) is 18.1 Å². The van der Waals surface area contributed by atoms with Crippen LogP contribution in [0, 0.1) is 0 Å². The number of benzene rings is 1. The van der Waals surface area contributed by atoms with Crippen LogP contribution in [0.1, 0.15) is 5.56 Å². The van der Waals surface area contributed by atoms with Crippen molar-refractivity contribution in [2.45, 2.75) is 12.5 Å². The van der Waals surface area contributed by atoms with E-state index in [2.05, 4.69) is 0 Å². The van der Waals surface area contributed by atoms with Crippen molar-refractivity contribution < 1.29 is 9.90 Å². The van der Waals surface area contributed by atoms with E-state index in [-0.39, 0.29) is 6.42 Å². The number of carboxylic acid groups (broad SMARTS) is 1. The summed E-state index contributed by atoms with van der Waals surface area (Å²) < 4.78 is 0. The SMILES string of the molecule is Nc1cccc(C[C@H](N)C(=O)O)c1Cl. The second-order valence-electron chi connectivity index (χ2n) is 2.97. The highest BCUT2D eigenvalue weighted by Gasteiger charge is 2.14. The molecule has 0 fully saturated rings. The molecule has 76 valence electrons. The van der Waals surface area contributed by atoms with Gasteiger partial charge in [-0.25, -0.2) is 0 Å². The molecule has 5 N–H and O–H groups in total. The summed E-state index contributed by atoms with van der Waals surface area (Å²) >= 11 is 5.87. The van der Waals surface area contributed by atoms with Gasteiger partial charge >= 0.3 is 5.97 Å². The molecule has 0 unspecified atom stereocenters. The normalized spacial score (nSPS) is 12.4. The number of aliphatic carboxylic acids is 1. The van der Waals surface area contributed by atoms with Crippen molar-refractivity contribution in [2.24, 2.45) is 5.73 Å². The average molecular weight is 215 g/mol. The number of nitrogen functional groups attached to an aromatic ring is 1. The molecule has 0 saturated carbocycles. The van der Waals surface area contributed by atoms with Gasteiger partial charge in [0.25, 0.3) is 0 Å². The van der Waals surface area contributed by atoms with Crippen molar-refractivity contribution in [1.29, 1.82) is 0 Å². The molecule has 0 aliphatic carbocycles. The summed E-state index contributed by atoms with van der Waals surface area (Å²) in [5, 5.41) is 8.98. The van der Waals surface area contributed by atoms with Gasteiger partial charge in [0.15, 0.2) is 0 Å². The lowest BCUT2D eigenvalue weighted by atomic mass is 10.1. The number of halogens is 1. The monoisotopic (exact) mass is 214 g/mol. The zero-order valence-corrected chi connectivity index (χ0v) is 8.16. The Labute approximate surface area is 86.5 Å². The molecule has 0 saturated heterocycles. The molecule has 0 aliphatic rings. The van der Waals surface area contributed by atoms with E-state index < -0.39 is 12.0 Å². The number of hydrogen-bond acceptors (Lipinski definition) is 3. The lowest BCUT2D eigenvalue weighted by molar-refractivity contribution is -0.138. The van der Waals surface area contributed by atoms with Crippen LogP contribution in [-0.4, -0.2) is 17.1 Å². The van der Waals surface area contributed by atoms with Crippen LogP contribution < -0.4 is 11.5 Å². The van der Waals surface area contributed by atoms with Gasteiger partial charge in [0.2, 0.25) is 0 Å². The first-order valence-corrected chi connectivity index (χ1v) is 4.41. The topological polar surface area (TPSA) is 89.3 Å². The smallest absolute Gasteiger partial charge is 0.320 e. The van der Waals surface area contributed by atoms with Crippen LogP contribution in [-0.2, 0) is 11.2 Å². The lowest BCUT2D eigenvalue weighted by Gasteiger charge is -2.09. The molecule has 1 aromatic rings. The van der Waals surface area contributed by atoms with Crippen molar-refractivity contribution in [3.05, 3.63) is 28.8 Å². The second-order valence-corrected chi connectivity index (χ2v) is 3.35. The van der Waals surface area contributed by atoms with E-state index in [1.54, 1.807) is 18.2 Å². The number of anilines is 1. The third kappa shape index (κ3) is 2.37. The molecule has 0 spiro atoms. The van der Waals surface area contributed by atoms with E-state index in [1.807, 2.05) is 0 Å². The second kappa shape index (κ2) is 4.30. The lowest BCUT2D eigenvalue weighted by Crippen LogP contribution is -2.32. The zero-order valence-electron chi connectivity index (χ0n) is 7.40. The number of nitrogens with two attached hydrogens (primary N) is 2. The van der Waals surface area contributed by atoms with Gasteiger partial charge in [0, 0.05) is 0 Å². The Morgan fingerprint density at radius 2 is 2.21 bits per heavy atom. The largest absolute Gasteiger partial charge is 0.480 e. The molecule has 0 radical (unpaired) electrons. The molecule has 0 aliphatic heterocycles. The quantitative estimate of drug-likeness (QED) is 0.652. The van der Waals surface area contributed by atoms with Gasteiger partial charge < -0.3 is 16.6 Å². The summed E-state index contributed by atoms with van der Waals surface area (Å²) in [5.74, 6) is -1.05. The van der Waals surface area contributed by atoms with Gasteiger partial charge in [-0.15, -0.1) is 0 Å². The molecule has 0 heterocycles. The number of rotatable bonds is 3. The fourth-order valence-electron chi connectivity index (χ4n) is 1.08. The predicted molar refractivity (Wildman–Crippen MR) is 55.2 cm³/mol. The van der Waals surface area contributed by atoms with E-state index in [0.29, 0.717) is 16.3 Å². The zero-order chi connectivity index (χ0) is 10.7. The van der Waals surface area contributed by atoms with Crippen LogP contribution in [0.3, 0.4) is 0 Å². The molecule has 0 amide bonds. The van der Waals surface area contributed by atoms with E-state index >= 15 is 0 Å². The standard InChI is InChI=1S/C9H11ClN2O2/c10-8-5(2-1-3-6(8)11)4-7(12)9(13)14/h1-3,7H,4,11-12H2,(H,13,14)/t7-/m0/s1. The van der Waals surface area contributed by atoms with Crippen molar-refractivity contribution in [1.82, 2.24) is 0 Å². The highest BCUT2D eigenvalue weighted by Crippen LogP contribution is 2.23.